The van der Waals surface area contributed by atoms with Crippen molar-refractivity contribution in [3.8, 4) is 0 Å². The highest BCUT2D eigenvalue weighted by molar-refractivity contribution is 7.45. The van der Waals surface area contributed by atoms with Crippen LogP contribution >= 0.6 is 7.82 Å². The number of likely N-dealkylation sites (N-methyl/N-ethyl adjacent to an activating group) is 1. The highest BCUT2D eigenvalue weighted by Gasteiger charge is 2.23. The second-order valence-electron chi connectivity index (χ2n) is 18.2. The van der Waals surface area contributed by atoms with Crippen molar-refractivity contribution in [2.75, 3.05) is 40.9 Å². The first-order valence-corrected chi connectivity index (χ1v) is 26.0. The highest BCUT2D eigenvalue weighted by atomic mass is 31.2. The Morgan fingerprint density at radius 1 is 0.596 bits per heavy atom. The normalized spacial score (nSPS) is 14.3. The van der Waals surface area contributed by atoms with Crippen LogP contribution in [-0.4, -0.2) is 68.5 Å². The summed E-state index contributed by atoms with van der Waals surface area (Å²) in [4.78, 5) is 25.2. The van der Waals surface area contributed by atoms with Crippen molar-refractivity contribution >= 4 is 13.7 Å². The van der Waals surface area contributed by atoms with Crippen LogP contribution in [0.2, 0.25) is 0 Å². The summed E-state index contributed by atoms with van der Waals surface area (Å²) < 4.78 is 23.2. The maximum Gasteiger partial charge on any atom is 0.268 e. The SMILES string of the molecule is CCCCCCCCCCCCCCCCCCCCCCCCCC/C=C/C(O)C(COP(=O)([O-])OCC[N+](C)(C)C)NC(=O)CCCCCCCCCCC. The molecular formula is C48H97N2O6P. The fourth-order valence-corrected chi connectivity index (χ4v) is 8.05. The third-order valence-electron chi connectivity index (χ3n) is 11.2. The Bertz CT molecular complexity index is 942. The van der Waals surface area contributed by atoms with Gasteiger partial charge in [-0.25, -0.2) is 0 Å². The van der Waals surface area contributed by atoms with Gasteiger partial charge in [0.1, 0.15) is 13.2 Å². The first-order valence-electron chi connectivity index (χ1n) is 24.6. The number of carbonyl (C=O) groups excluding carboxylic acids is 1. The van der Waals surface area contributed by atoms with Crippen molar-refractivity contribution in [1.29, 1.82) is 0 Å². The summed E-state index contributed by atoms with van der Waals surface area (Å²) in [5.74, 6) is -0.198. The Balaban J connectivity index is 4.12. The first-order chi connectivity index (χ1) is 27.5. The number of hydrogen-bond acceptors (Lipinski definition) is 6. The number of hydrogen-bond donors (Lipinski definition) is 2. The minimum Gasteiger partial charge on any atom is -0.756 e. The van der Waals surface area contributed by atoms with E-state index in [0.29, 0.717) is 17.4 Å². The van der Waals surface area contributed by atoms with Gasteiger partial charge in [0.2, 0.25) is 5.91 Å². The molecule has 0 radical (unpaired) electrons. The molecule has 9 heteroatoms. The van der Waals surface area contributed by atoms with Crippen LogP contribution in [0.1, 0.15) is 239 Å². The molecule has 0 fully saturated rings. The maximum atomic E-state index is 12.8. The smallest absolute Gasteiger partial charge is 0.268 e. The zero-order valence-electron chi connectivity index (χ0n) is 38.6. The number of nitrogens with one attached hydrogen (secondary N) is 1. The van der Waals surface area contributed by atoms with Crippen molar-refractivity contribution in [2.45, 2.75) is 251 Å². The van der Waals surface area contributed by atoms with Gasteiger partial charge in [0.05, 0.1) is 39.9 Å². The van der Waals surface area contributed by atoms with Crippen LogP contribution < -0.4 is 10.2 Å². The van der Waals surface area contributed by atoms with Crippen molar-refractivity contribution in [2.24, 2.45) is 0 Å². The molecule has 0 rings (SSSR count). The largest absolute Gasteiger partial charge is 0.756 e. The average molecular weight is 829 g/mol. The van der Waals surface area contributed by atoms with Gasteiger partial charge < -0.3 is 28.8 Å². The van der Waals surface area contributed by atoms with Gasteiger partial charge in [0.15, 0.2) is 0 Å². The molecule has 0 aliphatic heterocycles. The molecule has 0 aliphatic rings. The summed E-state index contributed by atoms with van der Waals surface area (Å²) in [6.07, 6.45) is 47.1. The summed E-state index contributed by atoms with van der Waals surface area (Å²) in [5, 5.41) is 13.8. The van der Waals surface area contributed by atoms with Gasteiger partial charge >= 0.3 is 0 Å². The third kappa shape index (κ3) is 43.1. The molecule has 8 nitrogen and oxygen atoms in total. The molecule has 1 amide bonds. The number of aliphatic hydroxyl groups is 1. The summed E-state index contributed by atoms with van der Waals surface area (Å²) in [6.45, 7) is 4.64. The first kappa shape index (κ1) is 56.2. The molecule has 3 unspecified atom stereocenters. The zero-order chi connectivity index (χ0) is 42.1. The van der Waals surface area contributed by atoms with Crippen molar-refractivity contribution in [3.63, 3.8) is 0 Å². The summed E-state index contributed by atoms with van der Waals surface area (Å²) >= 11 is 0. The van der Waals surface area contributed by atoms with Gasteiger partial charge in [-0.3, -0.25) is 9.36 Å². The number of carbonyl (C=O) groups is 1. The number of amides is 1. The number of nitrogens with zero attached hydrogens (tertiary/aromatic N) is 1. The molecule has 0 aromatic rings. The van der Waals surface area contributed by atoms with Gasteiger partial charge in [0, 0.05) is 6.42 Å². The molecule has 0 spiro atoms. The number of allylic oxidation sites excluding steroid dienone is 1. The monoisotopic (exact) mass is 829 g/mol. The lowest BCUT2D eigenvalue weighted by Crippen LogP contribution is -2.45. The molecule has 0 aliphatic carbocycles. The molecule has 0 aromatic heterocycles. The van der Waals surface area contributed by atoms with Crippen molar-refractivity contribution in [3.05, 3.63) is 12.2 Å². The quantitative estimate of drug-likeness (QED) is 0.0274. The van der Waals surface area contributed by atoms with Gasteiger partial charge in [0.25, 0.3) is 7.82 Å². The Hall–Kier alpha value is -0.760. The second kappa shape index (κ2) is 40.6. The van der Waals surface area contributed by atoms with Gasteiger partial charge in [-0.2, -0.15) is 0 Å². The number of unbranched alkanes of at least 4 members (excludes halogenated alkanes) is 32. The minimum atomic E-state index is -4.58. The molecule has 2 N–H and O–H groups in total. The second-order valence-corrected chi connectivity index (χ2v) is 19.6. The molecule has 0 heterocycles. The van der Waals surface area contributed by atoms with Gasteiger partial charge in [-0.15, -0.1) is 0 Å². The lowest BCUT2D eigenvalue weighted by molar-refractivity contribution is -0.870. The number of rotatable bonds is 45. The summed E-state index contributed by atoms with van der Waals surface area (Å²) in [7, 11) is 1.27. The highest BCUT2D eigenvalue weighted by Crippen LogP contribution is 2.38. The van der Waals surface area contributed by atoms with E-state index in [0.717, 1.165) is 38.5 Å². The third-order valence-corrected chi connectivity index (χ3v) is 12.2. The summed E-state index contributed by atoms with van der Waals surface area (Å²) in [5.41, 5.74) is 0. The van der Waals surface area contributed by atoms with E-state index in [4.69, 9.17) is 9.05 Å². The van der Waals surface area contributed by atoms with Gasteiger partial charge in [-0.1, -0.05) is 225 Å². The molecular weight excluding hydrogens is 732 g/mol. The maximum absolute atomic E-state index is 12.8. The van der Waals surface area contributed by atoms with Crippen LogP contribution in [0.5, 0.6) is 0 Å². The van der Waals surface area contributed by atoms with E-state index in [9.17, 15) is 19.4 Å². The summed E-state index contributed by atoms with van der Waals surface area (Å²) in [6, 6.07) is -0.879. The van der Waals surface area contributed by atoms with Crippen LogP contribution in [0.15, 0.2) is 12.2 Å². The Morgan fingerprint density at radius 2 is 0.947 bits per heavy atom. The van der Waals surface area contributed by atoms with E-state index in [2.05, 4.69) is 19.2 Å². The molecule has 0 saturated heterocycles. The van der Waals surface area contributed by atoms with Crippen molar-refractivity contribution < 1.29 is 32.9 Å². The number of aliphatic hydroxyl groups excluding tert-OH is 1. The standard InChI is InChI=1S/C48H97N2O6P/c1-6-8-10-12-14-16-17-18-19-20-21-22-23-24-25-26-27-28-29-30-31-32-34-35-37-39-41-47(51)46(45-56-57(53,54)55-44-43-50(3,4)5)49-48(52)42-40-38-36-33-15-13-11-9-7-2/h39,41,46-47,51H,6-38,40,42-45H2,1-5H3,(H-,49,52,53,54)/b41-39+. The molecule has 340 valence electrons. The minimum absolute atomic E-state index is 0.00194. The lowest BCUT2D eigenvalue weighted by Gasteiger charge is -2.29. The van der Waals surface area contributed by atoms with Crippen LogP contribution in [0, 0.1) is 0 Å². The van der Waals surface area contributed by atoms with E-state index in [-0.39, 0.29) is 19.1 Å². The molecule has 57 heavy (non-hydrogen) atoms. The van der Waals surface area contributed by atoms with Crippen LogP contribution in [0.25, 0.3) is 0 Å². The molecule has 0 saturated carbocycles. The average Bonchev–Trinajstić information content (AvgIpc) is 3.16. The number of phosphoric acid groups is 1. The number of quaternary nitrogens is 1. The predicted octanol–water partition coefficient (Wildman–Crippen LogP) is 13.3. The van der Waals surface area contributed by atoms with E-state index < -0.39 is 20.0 Å². The van der Waals surface area contributed by atoms with E-state index >= 15 is 0 Å². The predicted molar refractivity (Wildman–Crippen MR) is 242 cm³/mol. The van der Waals surface area contributed by atoms with Crippen LogP contribution in [0.4, 0.5) is 0 Å². The van der Waals surface area contributed by atoms with E-state index in [1.165, 1.54) is 180 Å². The van der Waals surface area contributed by atoms with Gasteiger partial charge in [-0.05, 0) is 19.3 Å². The van der Waals surface area contributed by atoms with Crippen LogP contribution in [-0.2, 0) is 18.4 Å². The van der Waals surface area contributed by atoms with Crippen molar-refractivity contribution in [1.82, 2.24) is 5.32 Å². The molecule has 0 bridgehead atoms. The Kier molecular flexibility index (Phi) is 40.1. The Morgan fingerprint density at radius 3 is 1.32 bits per heavy atom. The Labute approximate surface area is 354 Å². The lowest BCUT2D eigenvalue weighted by atomic mass is 10.0. The van der Waals surface area contributed by atoms with Crippen LogP contribution in [0.3, 0.4) is 0 Å². The number of phosphoric ester groups is 1. The molecule has 3 atom stereocenters. The van der Waals surface area contributed by atoms with E-state index in [1.807, 2.05) is 27.2 Å². The van der Waals surface area contributed by atoms with E-state index in [1.54, 1.807) is 6.08 Å². The fourth-order valence-electron chi connectivity index (χ4n) is 7.33. The fraction of sp³-hybridized carbons (Fsp3) is 0.938. The molecule has 0 aromatic carbocycles. The zero-order valence-corrected chi connectivity index (χ0v) is 39.5. The topological polar surface area (TPSA) is 108 Å².